The molecule has 0 aliphatic heterocycles. The van der Waals surface area contributed by atoms with Gasteiger partial charge in [-0.15, -0.1) is 0 Å². The summed E-state index contributed by atoms with van der Waals surface area (Å²) >= 11 is 0. The number of benzene rings is 1. The minimum atomic E-state index is -0.609. The molecule has 1 aromatic carbocycles. The van der Waals surface area contributed by atoms with Crippen molar-refractivity contribution < 1.29 is 19.1 Å². The van der Waals surface area contributed by atoms with E-state index in [4.69, 9.17) is 9.47 Å². The molecule has 1 amide bonds. The quantitative estimate of drug-likeness (QED) is 0.725. The van der Waals surface area contributed by atoms with Crippen molar-refractivity contribution in [2.24, 2.45) is 0 Å². The van der Waals surface area contributed by atoms with E-state index in [0.29, 0.717) is 30.2 Å². The van der Waals surface area contributed by atoms with Crippen molar-refractivity contribution in [2.75, 3.05) is 20.2 Å². The van der Waals surface area contributed by atoms with Crippen molar-refractivity contribution in [3.63, 3.8) is 0 Å². The number of amides is 1. The number of ether oxygens (including phenoxy) is 2. The highest BCUT2D eigenvalue weighted by atomic mass is 16.5. The minimum absolute atomic E-state index is 0.0490. The molecule has 0 spiro atoms. The molecular formula is C16H23NO4. The second-order valence-electron chi connectivity index (χ2n) is 4.69. The van der Waals surface area contributed by atoms with Crippen molar-refractivity contribution in [1.82, 2.24) is 4.90 Å². The first kappa shape index (κ1) is 17.0. The second kappa shape index (κ2) is 7.67. The van der Waals surface area contributed by atoms with Crippen molar-refractivity contribution >= 4 is 11.7 Å². The lowest BCUT2D eigenvalue weighted by atomic mass is 10.1. The molecule has 0 aliphatic rings. The fourth-order valence-corrected chi connectivity index (χ4v) is 2.02. The van der Waals surface area contributed by atoms with Gasteiger partial charge in [-0.25, -0.2) is 0 Å². The Morgan fingerprint density at radius 1 is 1.19 bits per heavy atom. The highest BCUT2D eigenvalue weighted by Crippen LogP contribution is 2.29. The van der Waals surface area contributed by atoms with Crippen molar-refractivity contribution in [3.8, 4) is 11.5 Å². The number of rotatable bonds is 7. The molecule has 5 nitrogen and oxygen atoms in total. The van der Waals surface area contributed by atoms with Crippen LogP contribution in [0.15, 0.2) is 18.2 Å². The number of hydrogen-bond acceptors (Lipinski definition) is 4. The zero-order chi connectivity index (χ0) is 16.0. The van der Waals surface area contributed by atoms with Gasteiger partial charge in [-0.2, -0.15) is 0 Å². The highest BCUT2D eigenvalue weighted by Gasteiger charge is 2.21. The van der Waals surface area contributed by atoms with E-state index < -0.39 is 6.10 Å². The van der Waals surface area contributed by atoms with Gasteiger partial charge in [0.1, 0.15) is 0 Å². The molecule has 21 heavy (non-hydrogen) atoms. The number of ketones is 1. The molecule has 0 N–H and O–H groups in total. The summed E-state index contributed by atoms with van der Waals surface area (Å²) in [5.41, 5.74) is 0.543. The molecular weight excluding hydrogens is 270 g/mol. The average molecular weight is 293 g/mol. The Morgan fingerprint density at radius 3 is 2.29 bits per heavy atom. The van der Waals surface area contributed by atoms with E-state index in [-0.39, 0.29) is 11.7 Å². The molecule has 0 heterocycles. The zero-order valence-electron chi connectivity index (χ0n) is 13.3. The molecule has 0 saturated carbocycles. The van der Waals surface area contributed by atoms with Gasteiger partial charge in [0.2, 0.25) is 0 Å². The zero-order valence-corrected chi connectivity index (χ0v) is 13.3. The third kappa shape index (κ3) is 4.21. The van der Waals surface area contributed by atoms with Crippen LogP contribution in [0.1, 0.15) is 38.1 Å². The van der Waals surface area contributed by atoms with Crippen LogP contribution in [0.5, 0.6) is 11.5 Å². The first-order chi connectivity index (χ1) is 9.94. The van der Waals surface area contributed by atoms with E-state index in [1.807, 2.05) is 13.8 Å². The minimum Gasteiger partial charge on any atom is -0.493 e. The van der Waals surface area contributed by atoms with E-state index in [1.165, 1.54) is 14.0 Å². The second-order valence-corrected chi connectivity index (χ2v) is 4.69. The van der Waals surface area contributed by atoms with Gasteiger partial charge in [0.15, 0.2) is 23.4 Å². The molecule has 1 aromatic rings. The summed E-state index contributed by atoms with van der Waals surface area (Å²) < 4.78 is 10.9. The maximum atomic E-state index is 12.2. The van der Waals surface area contributed by atoms with Crippen LogP contribution in [0, 0.1) is 0 Å². The molecule has 0 saturated heterocycles. The summed E-state index contributed by atoms with van der Waals surface area (Å²) in [6.07, 6.45) is -0.609. The Bertz CT molecular complexity index is 509. The van der Waals surface area contributed by atoms with Gasteiger partial charge in [-0.1, -0.05) is 0 Å². The largest absolute Gasteiger partial charge is 0.493 e. The van der Waals surface area contributed by atoms with Gasteiger partial charge >= 0.3 is 0 Å². The van der Waals surface area contributed by atoms with E-state index in [9.17, 15) is 9.59 Å². The lowest BCUT2D eigenvalue weighted by molar-refractivity contribution is -0.137. The molecule has 1 rings (SSSR count). The van der Waals surface area contributed by atoms with Gasteiger partial charge in [-0.05, 0) is 45.9 Å². The highest BCUT2D eigenvalue weighted by molar-refractivity contribution is 5.94. The number of nitrogens with zero attached hydrogens (tertiary/aromatic N) is 1. The van der Waals surface area contributed by atoms with E-state index in [1.54, 1.807) is 30.0 Å². The summed E-state index contributed by atoms with van der Waals surface area (Å²) in [6.45, 7) is 8.33. The third-order valence-electron chi connectivity index (χ3n) is 3.30. The summed E-state index contributed by atoms with van der Waals surface area (Å²) in [5, 5.41) is 0. The number of carbonyl (C=O) groups excluding carboxylic acids is 2. The lowest BCUT2D eigenvalue weighted by Crippen LogP contribution is -2.40. The molecule has 0 bridgehead atoms. The van der Waals surface area contributed by atoms with Gasteiger partial charge in [0.25, 0.3) is 5.91 Å². The maximum absolute atomic E-state index is 12.2. The number of carbonyl (C=O) groups is 2. The molecule has 0 radical (unpaired) electrons. The Hall–Kier alpha value is -2.04. The first-order valence-corrected chi connectivity index (χ1v) is 7.08. The van der Waals surface area contributed by atoms with E-state index >= 15 is 0 Å². The van der Waals surface area contributed by atoms with Crippen LogP contribution >= 0.6 is 0 Å². The molecule has 1 unspecified atom stereocenters. The maximum Gasteiger partial charge on any atom is 0.263 e. The fourth-order valence-electron chi connectivity index (χ4n) is 2.02. The topological polar surface area (TPSA) is 55.8 Å². The van der Waals surface area contributed by atoms with Crippen LogP contribution in [0.4, 0.5) is 0 Å². The van der Waals surface area contributed by atoms with Crippen molar-refractivity contribution in [2.45, 2.75) is 33.8 Å². The van der Waals surface area contributed by atoms with Gasteiger partial charge in [0, 0.05) is 18.7 Å². The van der Waals surface area contributed by atoms with Crippen LogP contribution in [0.25, 0.3) is 0 Å². The molecule has 5 heteroatoms. The monoisotopic (exact) mass is 293 g/mol. The fraction of sp³-hybridized carbons (Fsp3) is 0.500. The summed E-state index contributed by atoms with van der Waals surface area (Å²) in [4.78, 5) is 25.3. The molecule has 0 aliphatic carbocycles. The Kier molecular flexibility index (Phi) is 6.21. The Morgan fingerprint density at radius 2 is 1.81 bits per heavy atom. The molecule has 1 atom stereocenters. The van der Waals surface area contributed by atoms with Crippen LogP contribution < -0.4 is 9.47 Å². The molecule has 0 fully saturated rings. The molecule has 0 aromatic heterocycles. The van der Waals surface area contributed by atoms with Gasteiger partial charge in [-0.3, -0.25) is 9.59 Å². The van der Waals surface area contributed by atoms with Crippen LogP contribution in [0.3, 0.4) is 0 Å². The predicted octanol–water partition coefficient (Wildman–Crippen LogP) is 2.53. The van der Waals surface area contributed by atoms with E-state index in [0.717, 1.165) is 0 Å². The van der Waals surface area contributed by atoms with Crippen LogP contribution in [-0.4, -0.2) is 42.9 Å². The van der Waals surface area contributed by atoms with Gasteiger partial charge in [0.05, 0.1) is 7.11 Å². The van der Waals surface area contributed by atoms with Crippen LogP contribution in [0.2, 0.25) is 0 Å². The van der Waals surface area contributed by atoms with E-state index in [2.05, 4.69) is 0 Å². The summed E-state index contributed by atoms with van der Waals surface area (Å²) in [6, 6.07) is 4.93. The summed E-state index contributed by atoms with van der Waals surface area (Å²) in [5.74, 6) is 0.780. The normalized spacial score (nSPS) is 11.7. The van der Waals surface area contributed by atoms with Crippen LogP contribution in [-0.2, 0) is 4.79 Å². The number of likely N-dealkylation sites (N-methyl/N-ethyl adjacent to an activating group) is 1. The predicted molar refractivity (Wildman–Crippen MR) is 81.0 cm³/mol. The van der Waals surface area contributed by atoms with Crippen molar-refractivity contribution in [3.05, 3.63) is 23.8 Å². The van der Waals surface area contributed by atoms with Gasteiger partial charge < -0.3 is 14.4 Å². The number of Topliss-reactive ketones (excluding diaryl/α,β-unsaturated/α-hetero) is 1. The lowest BCUT2D eigenvalue weighted by Gasteiger charge is -2.24. The standard InChI is InChI=1S/C16H23NO4/c1-6-17(7-2)16(19)12(4)21-14-9-8-13(11(3)18)10-15(14)20-5/h8-10,12H,6-7H2,1-5H3. The molecule has 116 valence electrons. The number of hydrogen-bond donors (Lipinski definition) is 0. The van der Waals surface area contributed by atoms with Crippen molar-refractivity contribution in [1.29, 1.82) is 0 Å². The Balaban J connectivity index is 2.92. The average Bonchev–Trinajstić information content (AvgIpc) is 2.48. The SMILES string of the molecule is CCN(CC)C(=O)C(C)Oc1ccc(C(C)=O)cc1OC. The number of methoxy groups -OCH3 is 1. The summed E-state index contributed by atoms with van der Waals surface area (Å²) in [7, 11) is 1.50. The smallest absolute Gasteiger partial charge is 0.263 e. The first-order valence-electron chi connectivity index (χ1n) is 7.08. The third-order valence-corrected chi connectivity index (χ3v) is 3.30. The Labute approximate surface area is 125 Å².